The lowest BCUT2D eigenvalue weighted by Crippen LogP contribution is -2.15. The van der Waals surface area contributed by atoms with Crippen LogP contribution in [0.25, 0.3) is 5.65 Å². The van der Waals surface area contributed by atoms with Crippen LogP contribution in [0.3, 0.4) is 0 Å². The van der Waals surface area contributed by atoms with E-state index in [0.29, 0.717) is 34.1 Å². The van der Waals surface area contributed by atoms with Crippen LogP contribution in [0.1, 0.15) is 32.7 Å². The molecule has 0 bridgehead atoms. The summed E-state index contributed by atoms with van der Waals surface area (Å²) in [4.78, 5) is 21.7. The summed E-state index contributed by atoms with van der Waals surface area (Å²) >= 11 is 0. The summed E-state index contributed by atoms with van der Waals surface area (Å²) in [6.45, 7) is 3.63. The zero-order valence-electron chi connectivity index (χ0n) is 23.6. The standard InChI is InChI=1S/C33H26FN7O2/c1-21-15-23(17-27(16-21)43-26-10-12-35-13-11-26)39-33(42)29-8-6-22(2)28(31(29)34)9-7-25-19-36-32-30(5-4-14-41(25)32)38-24-18-37-40(3)20-24/h4-6,8,10-20,38H,1-3H3,(H,39,42). The van der Waals surface area contributed by atoms with Gasteiger partial charge in [0.25, 0.3) is 5.91 Å². The number of aromatic nitrogens is 5. The number of carbonyl (C=O) groups is 1. The third kappa shape index (κ3) is 5.92. The first-order valence-corrected chi connectivity index (χ1v) is 13.4. The van der Waals surface area contributed by atoms with Gasteiger partial charge in [0.1, 0.15) is 17.2 Å². The first kappa shape index (κ1) is 27.2. The van der Waals surface area contributed by atoms with Gasteiger partial charge < -0.3 is 15.4 Å². The van der Waals surface area contributed by atoms with Crippen LogP contribution >= 0.6 is 0 Å². The van der Waals surface area contributed by atoms with Gasteiger partial charge in [-0.1, -0.05) is 12.0 Å². The second kappa shape index (κ2) is 11.5. The lowest BCUT2D eigenvalue weighted by atomic mass is 10.0. The quantitative estimate of drug-likeness (QED) is 0.224. The van der Waals surface area contributed by atoms with Gasteiger partial charge in [0.2, 0.25) is 0 Å². The summed E-state index contributed by atoms with van der Waals surface area (Å²) in [5.74, 6) is 5.81. The molecule has 6 rings (SSSR count). The van der Waals surface area contributed by atoms with Crippen molar-refractivity contribution in [3.05, 3.63) is 126 Å². The molecule has 212 valence electrons. The molecule has 6 aromatic rings. The fraction of sp³-hybridized carbons (Fsp3) is 0.0909. The number of rotatable bonds is 6. The normalized spacial score (nSPS) is 10.7. The molecule has 4 aromatic heterocycles. The number of halogens is 1. The van der Waals surface area contributed by atoms with E-state index in [0.717, 1.165) is 16.9 Å². The van der Waals surface area contributed by atoms with Gasteiger partial charge in [-0.25, -0.2) is 9.37 Å². The number of anilines is 3. The summed E-state index contributed by atoms with van der Waals surface area (Å²) in [5.41, 5.74) is 4.79. The fourth-order valence-corrected chi connectivity index (χ4v) is 4.59. The smallest absolute Gasteiger partial charge is 0.258 e. The van der Waals surface area contributed by atoms with E-state index >= 15 is 4.39 Å². The Bertz CT molecular complexity index is 2040. The van der Waals surface area contributed by atoms with E-state index in [9.17, 15) is 4.79 Å². The van der Waals surface area contributed by atoms with Crippen LogP contribution in [0.5, 0.6) is 11.5 Å². The summed E-state index contributed by atoms with van der Waals surface area (Å²) in [5, 5.41) is 10.3. The van der Waals surface area contributed by atoms with Crippen molar-refractivity contribution in [1.82, 2.24) is 24.1 Å². The Balaban J connectivity index is 1.25. The highest BCUT2D eigenvalue weighted by atomic mass is 19.1. The number of nitrogens with one attached hydrogen (secondary N) is 2. The minimum atomic E-state index is -0.696. The Labute approximate surface area is 247 Å². The number of imidazole rings is 1. The number of aryl methyl sites for hydroxylation is 3. The van der Waals surface area contributed by atoms with Crippen LogP contribution in [0.15, 0.2) is 91.8 Å². The molecule has 0 fully saturated rings. The highest BCUT2D eigenvalue weighted by Crippen LogP contribution is 2.27. The number of benzene rings is 2. The van der Waals surface area contributed by atoms with Crippen molar-refractivity contribution in [2.75, 3.05) is 10.6 Å². The molecule has 2 aromatic carbocycles. The van der Waals surface area contributed by atoms with Crippen LogP contribution in [-0.2, 0) is 7.05 Å². The van der Waals surface area contributed by atoms with E-state index in [1.807, 2.05) is 49.0 Å². The molecule has 2 N–H and O–H groups in total. The number of amides is 1. The van der Waals surface area contributed by atoms with Gasteiger partial charge in [-0.3, -0.25) is 18.9 Å². The van der Waals surface area contributed by atoms with Crippen molar-refractivity contribution < 1.29 is 13.9 Å². The number of hydrogen-bond acceptors (Lipinski definition) is 6. The number of hydrogen-bond donors (Lipinski definition) is 2. The molecule has 9 nitrogen and oxygen atoms in total. The molecule has 4 heterocycles. The van der Waals surface area contributed by atoms with E-state index in [-0.39, 0.29) is 11.1 Å². The minimum Gasteiger partial charge on any atom is -0.457 e. The highest BCUT2D eigenvalue weighted by molar-refractivity contribution is 6.05. The van der Waals surface area contributed by atoms with E-state index in [1.165, 1.54) is 6.07 Å². The molecule has 0 aliphatic heterocycles. The minimum absolute atomic E-state index is 0.117. The predicted octanol–water partition coefficient (Wildman–Crippen LogP) is 6.41. The van der Waals surface area contributed by atoms with Crippen LogP contribution in [0.2, 0.25) is 0 Å². The van der Waals surface area contributed by atoms with E-state index < -0.39 is 11.7 Å². The molecule has 0 saturated carbocycles. The highest BCUT2D eigenvalue weighted by Gasteiger charge is 2.17. The third-order valence-electron chi connectivity index (χ3n) is 6.62. The molecule has 0 saturated heterocycles. The number of nitrogens with zero attached hydrogens (tertiary/aromatic N) is 5. The van der Waals surface area contributed by atoms with Crippen molar-refractivity contribution in [3.8, 4) is 23.3 Å². The average Bonchev–Trinajstić information content (AvgIpc) is 3.59. The Morgan fingerprint density at radius 3 is 2.60 bits per heavy atom. The summed E-state index contributed by atoms with van der Waals surface area (Å²) in [7, 11) is 1.84. The van der Waals surface area contributed by atoms with Gasteiger partial charge in [-0.05, 0) is 73.4 Å². The maximum atomic E-state index is 15.7. The monoisotopic (exact) mass is 571 g/mol. The second-order valence-corrected chi connectivity index (χ2v) is 9.93. The van der Waals surface area contributed by atoms with Crippen LogP contribution < -0.4 is 15.4 Å². The summed E-state index contributed by atoms with van der Waals surface area (Å²) < 4.78 is 25.2. The van der Waals surface area contributed by atoms with Gasteiger partial charge in [-0.15, -0.1) is 0 Å². The van der Waals surface area contributed by atoms with Gasteiger partial charge in [0.05, 0.1) is 34.9 Å². The van der Waals surface area contributed by atoms with Crippen LogP contribution in [-0.4, -0.2) is 30.1 Å². The van der Waals surface area contributed by atoms with Crippen molar-refractivity contribution in [3.63, 3.8) is 0 Å². The molecule has 0 spiro atoms. The third-order valence-corrected chi connectivity index (χ3v) is 6.62. The predicted molar refractivity (Wildman–Crippen MR) is 162 cm³/mol. The molecule has 0 aliphatic carbocycles. The molecule has 0 unspecified atom stereocenters. The molecule has 0 aliphatic rings. The topological polar surface area (TPSA) is 98.4 Å². The van der Waals surface area contributed by atoms with E-state index in [4.69, 9.17) is 4.74 Å². The van der Waals surface area contributed by atoms with Gasteiger partial charge >= 0.3 is 0 Å². The SMILES string of the molecule is Cc1cc(NC(=O)c2ccc(C)c(C#Cc3cnc4c(Nc5cnn(C)c5)cccn34)c2F)cc(Oc2ccncc2)c1. The Morgan fingerprint density at radius 2 is 1.81 bits per heavy atom. The van der Waals surface area contributed by atoms with Crippen molar-refractivity contribution >= 4 is 28.6 Å². The first-order chi connectivity index (χ1) is 20.8. The average molecular weight is 572 g/mol. The Hall–Kier alpha value is -5.95. The second-order valence-electron chi connectivity index (χ2n) is 9.93. The summed E-state index contributed by atoms with van der Waals surface area (Å²) in [6.07, 6.45) is 10.3. The van der Waals surface area contributed by atoms with Crippen LogP contribution in [0.4, 0.5) is 21.5 Å². The van der Waals surface area contributed by atoms with Gasteiger partial charge in [0.15, 0.2) is 11.5 Å². The molecular formula is C33H26FN7O2. The fourth-order valence-electron chi connectivity index (χ4n) is 4.59. The largest absolute Gasteiger partial charge is 0.457 e. The molecule has 43 heavy (non-hydrogen) atoms. The zero-order chi connectivity index (χ0) is 29.9. The summed E-state index contributed by atoms with van der Waals surface area (Å²) in [6, 6.07) is 15.7. The molecule has 10 heteroatoms. The Kier molecular flexibility index (Phi) is 7.28. The maximum absolute atomic E-state index is 15.7. The lowest BCUT2D eigenvalue weighted by Gasteiger charge is -2.12. The molecular weight excluding hydrogens is 545 g/mol. The van der Waals surface area contributed by atoms with Gasteiger partial charge in [-0.2, -0.15) is 5.10 Å². The van der Waals surface area contributed by atoms with Crippen LogP contribution in [0, 0.1) is 31.5 Å². The lowest BCUT2D eigenvalue weighted by molar-refractivity contribution is 0.102. The molecule has 0 radical (unpaired) electrons. The zero-order valence-corrected chi connectivity index (χ0v) is 23.6. The number of ether oxygens (including phenoxy) is 1. The number of pyridine rings is 2. The van der Waals surface area contributed by atoms with Gasteiger partial charge in [0, 0.05) is 43.6 Å². The Morgan fingerprint density at radius 1 is 0.977 bits per heavy atom. The molecule has 1 amide bonds. The van der Waals surface area contributed by atoms with E-state index in [1.54, 1.807) is 66.7 Å². The van der Waals surface area contributed by atoms with Crippen molar-refractivity contribution in [2.45, 2.75) is 13.8 Å². The number of fused-ring (bicyclic) bond motifs is 1. The molecule has 0 atom stereocenters. The first-order valence-electron chi connectivity index (χ1n) is 13.4. The van der Waals surface area contributed by atoms with Crippen molar-refractivity contribution in [1.29, 1.82) is 0 Å². The number of carbonyl (C=O) groups excluding carboxylic acids is 1. The van der Waals surface area contributed by atoms with Crippen molar-refractivity contribution in [2.24, 2.45) is 7.05 Å². The maximum Gasteiger partial charge on any atom is 0.258 e. The van der Waals surface area contributed by atoms with E-state index in [2.05, 4.69) is 37.5 Å².